The van der Waals surface area contributed by atoms with Crippen molar-refractivity contribution in [1.82, 2.24) is 14.9 Å². The average molecular weight is 455 g/mol. The lowest BCUT2D eigenvalue weighted by atomic mass is 10.2. The Morgan fingerprint density at radius 2 is 1.66 bits per heavy atom. The van der Waals surface area contributed by atoms with Gasteiger partial charge in [-0.1, -0.05) is 24.1 Å². The van der Waals surface area contributed by atoms with Crippen molar-refractivity contribution in [3.63, 3.8) is 0 Å². The number of para-hydroxylation sites is 1. The van der Waals surface area contributed by atoms with Gasteiger partial charge in [0.05, 0.1) is 11.4 Å². The van der Waals surface area contributed by atoms with E-state index in [1.165, 1.54) is 30.0 Å². The lowest BCUT2D eigenvalue weighted by Gasteiger charge is -2.36. The van der Waals surface area contributed by atoms with Crippen LogP contribution in [0.5, 0.6) is 0 Å². The Morgan fingerprint density at radius 1 is 0.969 bits per heavy atom. The third-order valence-electron chi connectivity index (χ3n) is 5.47. The second kappa shape index (κ2) is 11.7. The molecule has 0 saturated carbocycles. The Hall–Kier alpha value is -2.86. The molecule has 0 bridgehead atoms. The highest BCUT2D eigenvalue weighted by atomic mass is 32.2. The fourth-order valence-electron chi connectivity index (χ4n) is 3.64. The zero-order valence-corrected chi connectivity index (χ0v) is 19.0. The third-order valence-corrected chi connectivity index (χ3v) is 6.89. The summed E-state index contributed by atoms with van der Waals surface area (Å²) in [5, 5.41) is 2.90. The molecule has 2 aromatic carbocycles. The number of unbranched alkanes of at least 4 members (excludes halogenated alkanes) is 1. The molecular weight excluding hydrogens is 424 g/mol. The Morgan fingerprint density at radius 3 is 2.31 bits per heavy atom. The molecule has 1 amide bonds. The van der Waals surface area contributed by atoms with Crippen LogP contribution in [0.2, 0.25) is 0 Å². The van der Waals surface area contributed by atoms with Crippen molar-refractivity contribution in [2.45, 2.75) is 17.7 Å². The van der Waals surface area contributed by atoms with E-state index in [9.17, 15) is 13.2 Å². The number of nitrogens with one attached hydrogen (secondary N) is 2. The predicted octanol–water partition coefficient (Wildman–Crippen LogP) is 1.93. The maximum absolute atomic E-state index is 12.3. The molecule has 7 nitrogen and oxygen atoms in total. The van der Waals surface area contributed by atoms with E-state index < -0.39 is 10.0 Å². The van der Waals surface area contributed by atoms with E-state index in [1.54, 1.807) is 0 Å². The number of nitrogens with zero attached hydrogens (tertiary/aromatic N) is 2. The molecule has 1 fully saturated rings. The highest BCUT2D eigenvalue weighted by Gasteiger charge is 2.17. The quantitative estimate of drug-likeness (QED) is 0.424. The number of carbonyl (C=O) groups excluding carboxylic acids is 1. The van der Waals surface area contributed by atoms with E-state index in [1.807, 2.05) is 6.07 Å². The van der Waals surface area contributed by atoms with Crippen molar-refractivity contribution in [3.05, 3.63) is 60.2 Å². The van der Waals surface area contributed by atoms with E-state index in [0.29, 0.717) is 12.1 Å². The summed E-state index contributed by atoms with van der Waals surface area (Å²) in [6, 6.07) is 16.3. The summed E-state index contributed by atoms with van der Waals surface area (Å²) in [4.78, 5) is 17.3. The van der Waals surface area contributed by atoms with E-state index in [-0.39, 0.29) is 17.3 Å². The monoisotopic (exact) mass is 454 g/mol. The number of sulfonamides is 1. The first-order valence-corrected chi connectivity index (χ1v) is 12.3. The minimum absolute atomic E-state index is 0.0761. The molecule has 0 radical (unpaired) electrons. The molecule has 0 unspecified atom stereocenters. The first kappa shape index (κ1) is 23.8. The molecular formula is C24H30N4O3S. The van der Waals surface area contributed by atoms with E-state index in [4.69, 9.17) is 6.42 Å². The Balaban J connectivity index is 1.33. The van der Waals surface area contributed by atoms with Crippen LogP contribution in [0.4, 0.5) is 5.69 Å². The topological polar surface area (TPSA) is 81.7 Å². The fourth-order valence-corrected chi connectivity index (χ4v) is 4.57. The molecule has 0 aromatic heterocycles. The van der Waals surface area contributed by atoms with Crippen molar-refractivity contribution in [1.29, 1.82) is 0 Å². The summed E-state index contributed by atoms with van der Waals surface area (Å²) >= 11 is 0. The molecule has 1 heterocycles. The first-order valence-electron chi connectivity index (χ1n) is 10.8. The molecule has 1 saturated heterocycles. The van der Waals surface area contributed by atoms with Crippen LogP contribution in [0, 0.1) is 12.3 Å². The van der Waals surface area contributed by atoms with E-state index in [2.05, 4.69) is 50.0 Å². The SMILES string of the molecule is C#CCNS(=O)(=O)c1ccc(C(=O)NCCCCN2CCN(c3ccccc3)CC2)cc1. The summed E-state index contributed by atoms with van der Waals surface area (Å²) in [6.45, 7) is 5.70. The minimum Gasteiger partial charge on any atom is -0.369 e. The van der Waals surface area contributed by atoms with Gasteiger partial charge in [-0.3, -0.25) is 9.69 Å². The van der Waals surface area contributed by atoms with Crippen LogP contribution in [0.25, 0.3) is 0 Å². The van der Waals surface area contributed by atoms with Gasteiger partial charge in [-0.15, -0.1) is 6.42 Å². The Bertz CT molecular complexity index is 1010. The second-order valence-corrected chi connectivity index (χ2v) is 9.45. The molecule has 0 atom stereocenters. The number of rotatable bonds is 10. The zero-order valence-electron chi connectivity index (χ0n) is 18.2. The molecule has 3 rings (SSSR count). The molecule has 2 aromatic rings. The van der Waals surface area contributed by atoms with Crippen LogP contribution < -0.4 is 14.9 Å². The van der Waals surface area contributed by atoms with Crippen molar-refractivity contribution >= 4 is 21.6 Å². The second-order valence-electron chi connectivity index (χ2n) is 7.68. The summed E-state index contributed by atoms with van der Waals surface area (Å²) in [5.74, 6) is 2.02. The zero-order chi connectivity index (χ0) is 22.8. The van der Waals surface area contributed by atoms with Gasteiger partial charge in [0.1, 0.15) is 0 Å². The predicted molar refractivity (Wildman–Crippen MR) is 127 cm³/mol. The van der Waals surface area contributed by atoms with Crippen LogP contribution in [0.3, 0.4) is 0 Å². The van der Waals surface area contributed by atoms with E-state index in [0.717, 1.165) is 45.6 Å². The lowest BCUT2D eigenvalue weighted by molar-refractivity contribution is 0.0952. The van der Waals surface area contributed by atoms with Crippen molar-refractivity contribution in [2.75, 3.05) is 50.7 Å². The molecule has 170 valence electrons. The number of anilines is 1. The van der Waals surface area contributed by atoms with Crippen LogP contribution >= 0.6 is 0 Å². The number of terminal acetylenes is 1. The normalized spacial score (nSPS) is 14.7. The number of hydrogen-bond acceptors (Lipinski definition) is 5. The van der Waals surface area contributed by atoms with Gasteiger partial charge in [-0.2, -0.15) is 4.72 Å². The van der Waals surface area contributed by atoms with Crippen LogP contribution in [0.15, 0.2) is 59.5 Å². The lowest BCUT2D eigenvalue weighted by Crippen LogP contribution is -2.46. The molecule has 2 N–H and O–H groups in total. The number of amides is 1. The smallest absolute Gasteiger partial charge is 0.251 e. The van der Waals surface area contributed by atoms with Crippen LogP contribution in [-0.4, -0.2) is 65.0 Å². The molecule has 1 aliphatic heterocycles. The highest BCUT2D eigenvalue weighted by molar-refractivity contribution is 7.89. The number of piperazine rings is 1. The number of hydrogen-bond donors (Lipinski definition) is 2. The summed E-state index contributed by atoms with van der Waals surface area (Å²) in [7, 11) is -3.65. The molecule has 8 heteroatoms. The van der Waals surface area contributed by atoms with Gasteiger partial charge in [-0.05, 0) is 55.8 Å². The van der Waals surface area contributed by atoms with E-state index >= 15 is 0 Å². The average Bonchev–Trinajstić information content (AvgIpc) is 2.83. The standard InChI is InChI=1S/C24H30N4O3S/c1-2-14-26-32(30,31)23-12-10-21(11-13-23)24(29)25-15-6-7-16-27-17-19-28(20-18-27)22-8-4-3-5-9-22/h1,3-5,8-13,26H,6-7,14-20H2,(H,25,29). The van der Waals surface area contributed by atoms with Gasteiger partial charge >= 0.3 is 0 Å². The summed E-state index contributed by atoms with van der Waals surface area (Å²) in [6.07, 6.45) is 6.99. The van der Waals surface area contributed by atoms with Crippen LogP contribution in [-0.2, 0) is 10.0 Å². The summed E-state index contributed by atoms with van der Waals surface area (Å²) < 4.78 is 26.3. The Labute approximate surface area is 190 Å². The largest absolute Gasteiger partial charge is 0.369 e. The highest BCUT2D eigenvalue weighted by Crippen LogP contribution is 2.15. The Kier molecular flexibility index (Phi) is 8.68. The summed E-state index contributed by atoms with van der Waals surface area (Å²) in [5.41, 5.74) is 1.71. The maximum Gasteiger partial charge on any atom is 0.251 e. The van der Waals surface area contributed by atoms with Gasteiger partial charge in [0.25, 0.3) is 5.91 Å². The number of carbonyl (C=O) groups is 1. The maximum atomic E-state index is 12.3. The van der Waals surface area contributed by atoms with Gasteiger partial charge in [0.15, 0.2) is 0 Å². The molecule has 32 heavy (non-hydrogen) atoms. The minimum atomic E-state index is -3.65. The van der Waals surface area contributed by atoms with Crippen molar-refractivity contribution in [2.24, 2.45) is 0 Å². The van der Waals surface area contributed by atoms with Gasteiger partial charge in [0, 0.05) is 44.0 Å². The van der Waals surface area contributed by atoms with Gasteiger partial charge < -0.3 is 10.2 Å². The van der Waals surface area contributed by atoms with Crippen molar-refractivity contribution < 1.29 is 13.2 Å². The fraction of sp³-hybridized carbons (Fsp3) is 0.375. The first-order chi connectivity index (χ1) is 15.5. The number of benzene rings is 2. The molecule has 0 aliphatic carbocycles. The van der Waals surface area contributed by atoms with Gasteiger partial charge in [-0.25, -0.2) is 8.42 Å². The molecule has 1 aliphatic rings. The van der Waals surface area contributed by atoms with Gasteiger partial charge in [0.2, 0.25) is 10.0 Å². The van der Waals surface area contributed by atoms with Crippen LogP contribution in [0.1, 0.15) is 23.2 Å². The molecule has 0 spiro atoms. The third kappa shape index (κ3) is 6.82. The van der Waals surface area contributed by atoms with Crippen molar-refractivity contribution in [3.8, 4) is 12.3 Å².